The van der Waals surface area contributed by atoms with Gasteiger partial charge in [-0.2, -0.15) is 0 Å². The van der Waals surface area contributed by atoms with E-state index in [1.807, 2.05) is 69.3 Å². The predicted octanol–water partition coefficient (Wildman–Crippen LogP) is 4.23. The summed E-state index contributed by atoms with van der Waals surface area (Å²) in [6.45, 7) is 5.73. The first kappa shape index (κ1) is 30.1. The van der Waals surface area contributed by atoms with Gasteiger partial charge in [-0.1, -0.05) is 36.0 Å². The van der Waals surface area contributed by atoms with E-state index in [1.165, 1.54) is 16.7 Å². The normalized spacial score (nSPS) is 24.2. The van der Waals surface area contributed by atoms with Crippen molar-refractivity contribution in [2.24, 2.45) is 4.99 Å². The van der Waals surface area contributed by atoms with E-state index in [1.54, 1.807) is 21.3 Å². The Morgan fingerprint density at radius 2 is 1.48 bits per heavy atom. The maximum Gasteiger partial charge on any atom is 0.416 e. The molecular formula is C29H38N2O8S. The van der Waals surface area contributed by atoms with E-state index < -0.39 is 41.5 Å². The summed E-state index contributed by atoms with van der Waals surface area (Å²) in [6, 6.07) is 14.7. The molecule has 218 valence electrons. The molecule has 0 saturated carbocycles. The number of aliphatic hydroxyl groups excluding tert-OH is 1. The molecular weight excluding hydrogens is 536 g/mol. The van der Waals surface area contributed by atoms with Crippen molar-refractivity contribution in [3.8, 4) is 11.5 Å². The third kappa shape index (κ3) is 7.46. The fourth-order valence-corrected chi connectivity index (χ4v) is 5.51. The van der Waals surface area contributed by atoms with Gasteiger partial charge in [-0.25, -0.2) is 4.79 Å². The van der Waals surface area contributed by atoms with Crippen LogP contribution in [0.2, 0.25) is 0 Å². The number of aliphatic hydroxyl groups is 1. The molecule has 2 aromatic rings. The number of amidine groups is 1. The summed E-state index contributed by atoms with van der Waals surface area (Å²) in [5.41, 5.74) is 0.756. The second-order valence-electron chi connectivity index (χ2n) is 10.5. The van der Waals surface area contributed by atoms with E-state index in [0.29, 0.717) is 5.17 Å². The van der Waals surface area contributed by atoms with Crippen molar-refractivity contribution in [1.29, 1.82) is 0 Å². The molecule has 1 fully saturated rings. The highest BCUT2D eigenvalue weighted by Crippen LogP contribution is 2.40. The molecule has 1 saturated heterocycles. The zero-order chi connectivity index (χ0) is 28.9. The van der Waals surface area contributed by atoms with Crippen LogP contribution in [0.5, 0.6) is 11.5 Å². The first-order valence-electron chi connectivity index (χ1n) is 13.1. The minimum Gasteiger partial charge on any atom is -0.497 e. The third-order valence-corrected chi connectivity index (χ3v) is 7.65. The molecule has 0 aliphatic carbocycles. The Bertz CT molecular complexity index is 1150. The van der Waals surface area contributed by atoms with Crippen molar-refractivity contribution in [1.82, 2.24) is 4.90 Å². The van der Waals surface area contributed by atoms with Gasteiger partial charge in [0.1, 0.15) is 46.9 Å². The number of ether oxygens (including phenoxy) is 6. The summed E-state index contributed by atoms with van der Waals surface area (Å²) in [7, 11) is 4.85. The Kier molecular flexibility index (Phi) is 9.96. The molecule has 4 rings (SSSR count). The molecule has 2 unspecified atom stereocenters. The fourth-order valence-electron chi connectivity index (χ4n) is 4.33. The number of nitrogens with zero attached hydrogens (tertiary/aromatic N) is 2. The van der Waals surface area contributed by atoms with Crippen LogP contribution in [0.1, 0.15) is 31.9 Å². The van der Waals surface area contributed by atoms with Crippen LogP contribution in [0.25, 0.3) is 0 Å². The minimum atomic E-state index is -0.658. The maximum absolute atomic E-state index is 12.7. The van der Waals surface area contributed by atoms with Crippen LogP contribution in [-0.4, -0.2) is 84.5 Å². The highest BCUT2D eigenvalue weighted by Gasteiger charge is 2.51. The second-order valence-corrected chi connectivity index (χ2v) is 11.6. The topological polar surface area (TPSA) is 108 Å². The maximum atomic E-state index is 12.7. The van der Waals surface area contributed by atoms with E-state index in [-0.39, 0.29) is 19.8 Å². The lowest BCUT2D eigenvalue weighted by Crippen LogP contribution is -2.57. The van der Waals surface area contributed by atoms with Gasteiger partial charge < -0.3 is 33.5 Å². The summed E-state index contributed by atoms with van der Waals surface area (Å²) in [5, 5.41) is 10.7. The first-order valence-corrected chi connectivity index (χ1v) is 14.0. The summed E-state index contributed by atoms with van der Waals surface area (Å²) in [6.07, 6.45) is -2.36. The number of hydrogen-bond donors (Lipinski definition) is 1. The Labute approximate surface area is 239 Å². The van der Waals surface area contributed by atoms with Crippen molar-refractivity contribution >= 4 is 23.0 Å². The van der Waals surface area contributed by atoms with Crippen molar-refractivity contribution in [3.63, 3.8) is 0 Å². The van der Waals surface area contributed by atoms with Gasteiger partial charge in [-0.3, -0.25) is 9.89 Å². The van der Waals surface area contributed by atoms with Crippen molar-refractivity contribution in [3.05, 3.63) is 59.7 Å². The number of carbonyl (C=O) groups excluding carboxylic acids is 1. The number of fused-ring (bicyclic) bond motifs is 1. The number of amides is 1. The molecule has 5 atom stereocenters. The number of rotatable bonds is 9. The standard InChI is InChI=1S/C29H38N2O8S/c1-29(2,3)39-28(33)31(4)27-30-23-25(37-17-19-9-13-21(35-6)14-10-19)24(22(15-32)38-26(23)40-27)36-16-18-7-11-20(34-5)12-8-18/h7-14,22-26,32H,15-17H2,1-6H3/t22-,23-,24?,25?,26-/m1/s1. The van der Waals surface area contributed by atoms with Gasteiger partial charge in [-0.05, 0) is 56.2 Å². The van der Waals surface area contributed by atoms with Crippen LogP contribution in [0, 0.1) is 0 Å². The Morgan fingerprint density at radius 3 is 1.95 bits per heavy atom. The molecule has 0 radical (unpaired) electrons. The Morgan fingerprint density at radius 1 is 0.950 bits per heavy atom. The average Bonchev–Trinajstić information content (AvgIpc) is 3.37. The summed E-state index contributed by atoms with van der Waals surface area (Å²) in [5.74, 6) is 1.50. The van der Waals surface area contributed by atoms with Crippen LogP contribution >= 0.6 is 11.8 Å². The van der Waals surface area contributed by atoms with E-state index in [2.05, 4.69) is 0 Å². The number of methoxy groups -OCH3 is 2. The lowest BCUT2D eigenvalue weighted by molar-refractivity contribution is -0.205. The SMILES string of the molecule is COc1ccc(COC2C(OCc3ccc(OC)cc3)[C@@H](CO)O[C@@H]3SC(N(C)C(=O)OC(C)(C)C)=N[C@H]23)cc1. The Balaban J connectivity index is 1.57. The monoisotopic (exact) mass is 574 g/mol. The van der Waals surface area contributed by atoms with Crippen LogP contribution in [0.4, 0.5) is 4.79 Å². The lowest BCUT2D eigenvalue weighted by atomic mass is 9.97. The number of hydrogen-bond acceptors (Lipinski definition) is 10. The molecule has 40 heavy (non-hydrogen) atoms. The molecule has 2 aliphatic rings. The number of benzene rings is 2. The van der Waals surface area contributed by atoms with Crippen molar-refractivity contribution < 1.29 is 38.3 Å². The van der Waals surface area contributed by atoms with Crippen LogP contribution in [0.3, 0.4) is 0 Å². The molecule has 10 nitrogen and oxygen atoms in total. The lowest BCUT2D eigenvalue weighted by Gasteiger charge is -2.42. The smallest absolute Gasteiger partial charge is 0.416 e. The van der Waals surface area contributed by atoms with E-state index in [9.17, 15) is 9.90 Å². The molecule has 0 aromatic heterocycles. The molecule has 2 aliphatic heterocycles. The molecule has 0 spiro atoms. The number of aliphatic imine (C=N–C) groups is 1. The highest BCUT2D eigenvalue weighted by atomic mass is 32.2. The minimum absolute atomic E-state index is 0.267. The van der Waals surface area contributed by atoms with E-state index in [0.717, 1.165) is 22.6 Å². The van der Waals surface area contributed by atoms with Crippen LogP contribution in [0.15, 0.2) is 53.5 Å². The largest absolute Gasteiger partial charge is 0.497 e. The van der Waals surface area contributed by atoms with Gasteiger partial charge >= 0.3 is 6.09 Å². The zero-order valence-electron chi connectivity index (χ0n) is 23.7. The molecule has 2 heterocycles. The van der Waals surface area contributed by atoms with E-state index >= 15 is 0 Å². The molecule has 1 amide bonds. The summed E-state index contributed by atoms with van der Waals surface area (Å²) < 4.78 is 35.1. The Hall–Kier alpha value is -2.83. The zero-order valence-corrected chi connectivity index (χ0v) is 24.6. The predicted molar refractivity (Wildman–Crippen MR) is 152 cm³/mol. The van der Waals surface area contributed by atoms with Crippen LogP contribution < -0.4 is 9.47 Å². The quantitative estimate of drug-likeness (QED) is 0.471. The van der Waals surface area contributed by atoms with E-state index in [4.69, 9.17) is 33.4 Å². The fraction of sp³-hybridized carbons (Fsp3) is 0.517. The van der Waals surface area contributed by atoms with Crippen molar-refractivity contribution in [2.75, 3.05) is 27.9 Å². The molecule has 1 N–H and O–H groups in total. The van der Waals surface area contributed by atoms with Crippen molar-refractivity contribution in [2.45, 2.75) is 69.4 Å². The molecule has 11 heteroatoms. The highest BCUT2D eigenvalue weighted by molar-refractivity contribution is 8.14. The van der Waals surface area contributed by atoms with Gasteiger partial charge in [0.15, 0.2) is 5.17 Å². The average molecular weight is 575 g/mol. The molecule has 2 aromatic carbocycles. The van der Waals surface area contributed by atoms with Gasteiger partial charge in [0.25, 0.3) is 0 Å². The second kappa shape index (κ2) is 13.2. The van der Waals surface area contributed by atoms with Crippen LogP contribution in [-0.2, 0) is 32.2 Å². The summed E-state index contributed by atoms with van der Waals surface area (Å²) in [4.78, 5) is 18.9. The number of thioether (sulfide) groups is 1. The van der Waals surface area contributed by atoms with Gasteiger partial charge in [0.2, 0.25) is 0 Å². The third-order valence-electron chi connectivity index (χ3n) is 6.43. The number of carbonyl (C=O) groups is 1. The van der Waals surface area contributed by atoms with Gasteiger partial charge in [-0.15, -0.1) is 0 Å². The summed E-state index contributed by atoms with van der Waals surface area (Å²) >= 11 is 1.30. The first-order chi connectivity index (χ1) is 19.1. The van der Waals surface area contributed by atoms with Gasteiger partial charge in [0, 0.05) is 7.05 Å². The molecule has 0 bridgehead atoms. The van der Waals surface area contributed by atoms with Gasteiger partial charge in [0.05, 0.1) is 34.0 Å².